The fraction of sp³-hybridized carbons (Fsp3) is 0.417. The van der Waals surface area contributed by atoms with E-state index in [-0.39, 0.29) is 12.5 Å². The third-order valence-corrected chi connectivity index (χ3v) is 2.17. The van der Waals surface area contributed by atoms with Gasteiger partial charge in [-0.3, -0.25) is 4.79 Å². The molecule has 0 aliphatic carbocycles. The number of ether oxygens (including phenoxy) is 1. The van der Waals surface area contributed by atoms with E-state index in [1.807, 2.05) is 6.07 Å². The van der Waals surface area contributed by atoms with E-state index in [0.29, 0.717) is 0 Å². The van der Waals surface area contributed by atoms with Gasteiger partial charge in [0.15, 0.2) is 0 Å². The minimum atomic E-state index is -0.223. The Morgan fingerprint density at radius 1 is 1.47 bits per heavy atom. The molecule has 0 aromatic heterocycles. The Kier molecular flexibility index (Phi) is 4.84. The second-order valence-corrected chi connectivity index (χ2v) is 3.49. The maximum Gasteiger partial charge on any atom is 0.319 e. The summed E-state index contributed by atoms with van der Waals surface area (Å²) in [4.78, 5) is 10.8. The first-order valence-electron chi connectivity index (χ1n) is 5.05. The number of nitrogens with one attached hydrogen (secondary N) is 1. The molecule has 3 nitrogen and oxygen atoms in total. The molecule has 0 heterocycles. The van der Waals surface area contributed by atoms with Crippen LogP contribution in [0.4, 0.5) is 0 Å². The number of carbonyl (C=O) groups is 1. The van der Waals surface area contributed by atoms with Crippen LogP contribution in [0, 0.1) is 6.92 Å². The predicted octanol–water partition coefficient (Wildman–Crippen LogP) is 1.30. The van der Waals surface area contributed by atoms with Gasteiger partial charge in [-0.05, 0) is 25.5 Å². The van der Waals surface area contributed by atoms with Gasteiger partial charge >= 0.3 is 5.97 Å². The van der Waals surface area contributed by atoms with Crippen molar-refractivity contribution < 1.29 is 9.53 Å². The summed E-state index contributed by atoms with van der Waals surface area (Å²) < 4.78 is 4.52. The van der Waals surface area contributed by atoms with Crippen LogP contribution in [0.1, 0.15) is 11.1 Å². The smallest absolute Gasteiger partial charge is 0.319 e. The zero-order valence-electron chi connectivity index (χ0n) is 9.25. The molecule has 0 aliphatic heterocycles. The van der Waals surface area contributed by atoms with Crippen molar-refractivity contribution in [3.63, 3.8) is 0 Å². The SMILES string of the molecule is COC(=O)CNCCc1cccc(C)c1. The summed E-state index contributed by atoms with van der Waals surface area (Å²) in [5.74, 6) is -0.223. The lowest BCUT2D eigenvalue weighted by atomic mass is 10.1. The number of aryl methyl sites for hydroxylation is 1. The summed E-state index contributed by atoms with van der Waals surface area (Å²) in [6, 6.07) is 8.36. The lowest BCUT2D eigenvalue weighted by molar-refractivity contribution is -0.139. The van der Waals surface area contributed by atoms with E-state index in [1.54, 1.807) is 0 Å². The molecule has 0 aliphatic rings. The predicted molar refractivity (Wildman–Crippen MR) is 59.8 cm³/mol. The molecule has 0 radical (unpaired) electrons. The fourth-order valence-electron chi connectivity index (χ4n) is 1.36. The van der Waals surface area contributed by atoms with Crippen molar-refractivity contribution in [2.45, 2.75) is 13.3 Å². The van der Waals surface area contributed by atoms with Crippen LogP contribution in [-0.4, -0.2) is 26.2 Å². The molecule has 0 amide bonds. The highest BCUT2D eigenvalue weighted by atomic mass is 16.5. The van der Waals surface area contributed by atoms with Crippen molar-refractivity contribution in [2.24, 2.45) is 0 Å². The van der Waals surface area contributed by atoms with Gasteiger partial charge in [0.25, 0.3) is 0 Å². The molecule has 0 spiro atoms. The molecule has 1 N–H and O–H groups in total. The lowest BCUT2D eigenvalue weighted by Crippen LogP contribution is -2.25. The molecule has 0 saturated carbocycles. The molecular weight excluding hydrogens is 190 g/mol. The monoisotopic (exact) mass is 207 g/mol. The van der Waals surface area contributed by atoms with Crippen molar-refractivity contribution >= 4 is 5.97 Å². The highest BCUT2D eigenvalue weighted by Crippen LogP contribution is 2.03. The minimum absolute atomic E-state index is 0.223. The van der Waals surface area contributed by atoms with Crippen molar-refractivity contribution in [3.05, 3.63) is 35.4 Å². The fourth-order valence-corrected chi connectivity index (χ4v) is 1.36. The number of hydrogen-bond acceptors (Lipinski definition) is 3. The molecule has 15 heavy (non-hydrogen) atoms. The molecule has 0 unspecified atom stereocenters. The second-order valence-electron chi connectivity index (χ2n) is 3.49. The first kappa shape index (κ1) is 11.7. The number of rotatable bonds is 5. The van der Waals surface area contributed by atoms with Gasteiger partial charge in [-0.2, -0.15) is 0 Å². The van der Waals surface area contributed by atoms with Crippen molar-refractivity contribution in [2.75, 3.05) is 20.2 Å². The zero-order chi connectivity index (χ0) is 11.1. The van der Waals surface area contributed by atoms with E-state index in [9.17, 15) is 4.79 Å². The first-order chi connectivity index (χ1) is 7.22. The molecular formula is C12H17NO2. The van der Waals surface area contributed by atoms with Gasteiger partial charge in [0, 0.05) is 0 Å². The van der Waals surface area contributed by atoms with Gasteiger partial charge < -0.3 is 10.1 Å². The highest BCUT2D eigenvalue weighted by Gasteiger charge is 1.98. The van der Waals surface area contributed by atoms with Crippen molar-refractivity contribution in [1.82, 2.24) is 5.32 Å². The summed E-state index contributed by atoms with van der Waals surface area (Å²) in [5, 5.41) is 3.03. The van der Waals surface area contributed by atoms with Gasteiger partial charge in [0.2, 0.25) is 0 Å². The summed E-state index contributed by atoms with van der Waals surface area (Å²) in [7, 11) is 1.39. The van der Waals surface area contributed by atoms with E-state index < -0.39 is 0 Å². The molecule has 1 rings (SSSR count). The Labute approximate surface area is 90.4 Å². The summed E-state index contributed by atoms with van der Waals surface area (Å²) in [6.45, 7) is 3.15. The molecule has 0 atom stereocenters. The molecule has 0 saturated heterocycles. The highest BCUT2D eigenvalue weighted by molar-refractivity contribution is 5.71. The average Bonchev–Trinajstić information content (AvgIpc) is 2.24. The molecule has 0 fully saturated rings. The first-order valence-corrected chi connectivity index (χ1v) is 5.05. The molecule has 3 heteroatoms. The maximum atomic E-state index is 10.8. The van der Waals surface area contributed by atoms with Crippen molar-refractivity contribution in [1.29, 1.82) is 0 Å². The van der Waals surface area contributed by atoms with Crippen LogP contribution in [-0.2, 0) is 16.0 Å². The summed E-state index contributed by atoms with van der Waals surface area (Å²) >= 11 is 0. The van der Waals surface area contributed by atoms with E-state index in [0.717, 1.165) is 13.0 Å². The molecule has 1 aromatic carbocycles. The number of methoxy groups -OCH3 is 1. The van der Waals surface area contributed by atoms with E-state index in [2.05, 4.69) is 35.2 Å². The zero-order valence-corrected chi connectivity index (χ0v) is 9.25. The Hall–Kier alpha value is -1.35. The van der Waals surface area contributed by atoms with Crippen LogP contribution in [0.3, 0.4) is 0 Å². The third kappa shape index (κ3) is 4.61. The molecule has 0 bridgehead atoms. The van der Waals surface area contributed by atoms with E-state index in [4.69, 9.17) is 0 Å². The molecule has 1 aromatic rings. The van der Waals surface area contributed by atoms with Crippen molar-refractivity contribution in [3.8, 4) is 0 Å². The lowest BCUT2D eigenvalue weighted by Gasteiger charge is -2.04. The van der Waals surface area contributed by atoms with E-state index in [1.165, 1.54) is 18.2 Å². The Bertz CT molecular complexity index is 323. The van der Waals surface area contributed by atoms with Gasteiger partial charge in [0.1, 0.15) is 0 Å². The summed E-state index contributed by atoms with van der Waals surface area (Å²) in [5.41, 5.74) is 2.55. The van der Waals surface area contributed by atoms with Crippen LogP contribution < -0.4 is 5.32 Å². The minimum Gasteiger partial charge on any atom is -0.468 e. The van der Waals surface area contributed by atoms with Gasteiger partial charge in [-0.25, -0.2) is 0 Å². The Morgan fingerprint density at radius 3 is 2.93 bits per heavy atom. The Balaban J connectivity index is 2.23. The number of carbonyl (C=O) groups excluding carboxylic acids is 1. The normalized spacial score (nSPS) is 10.0. The average molecular weight is 207 g/mol. The van der Waals surface area contributed by atoms with Crippen LogP contribution in [0.2, 0.25) is 0 Å². The summed E-state index contributed by atoms with van der Waals surface area (Å²) in [6.07, 6.45) is 0.929. The van der Waals surface area contributed by atoms with Crippen LogP contribution in [0.15, 0.2) is 24.3 Å². The number of esters is 1. The number of benzene rings is 1. The van der Waals surface area contributed by atoms with E-state index >= 15 is 0 Å². The van der Waals surface area contributed by atoms with Crippen LogP contribution in [0.25, 0.3) is 0 Å². The largest absolute Gasteiger partial charge is 0.468 e. The maximum absolute atomic E-state index is 10.8. The number of hydrogen-bond donors (Lipinski definition) is 1. The van der Waals surface area contributed by atoms with Gasteiger partial charge in [0.05, 0.1) is 13.7 Å². The van der Waals surface area contributed by atoms with Crippen LogP contribution >= 0.6 is 0 Å². The van der Waals surface area contributed by atoms with Gasteiger partial charge in [-0.1, -0.05) is 29.8 Å². The standard InChI is InChI=1S/C12H17NO2/c1-10-4-3-5-11(8-10)6-7-13-9-12(14)15-2/h3-5,8,13H,6-7,9H2,1-2H3. The third-order valence-electron chi connectivity index (χ3n) is 2.17. The second kappa shape index (κ2) is 6.19. The quantitative estimate of drug-likeness (QED) is 0.584. The molecule has 82 valence electrons. The Morgan fingerprint density at radius 2 is 2.27 bits per heavy atom. The van der Waals surface area contributed by atoms with Gasteiger partial charge in [-0.15, -0.1) is 0 Å². The topological polar surface area (TPSA) is 38.3 Å². The van der Waals surface area contributed by atoms with Crippen LogP contribution in [0.5, 0.6) is 0 Å².